The molecular weight excluding hydrogens is 1050 g/mol. The van der Waals surface area contributed by atoms with Crippen molar-refractivity contribution < 1.29 is 23.7 Å². The first-order valence-corrected chi connectivity index (χ1v) is 29.5. The molecule has 15 rings (SSSR count). The van der Waals surface area contributed by atoms with E-state index in [0.717, 1.165) is 67.9 Å². The lowest BCUT2D eigenvalue weighted by atomic mass is 9.90. The standard InChI is InChI=1S/C32H32N2O2.C29H26N2O2.C14H13NO/c1-22-4-10-29(11-5-22)33-18-27-16-25(8-14-31(27)35-20-33)24(3)26-9-15-32-28(17-26)19-34(21-36-32)30-12-6-23(2)7-13-30;1-3-7-28-24(5-1)18-30(20-32-28)26-13-9-22(10-14-26)17-23-11-15-27(16-12-23)31-19-25-6-2-4-8-29(25)33-21-31;1-2-7-13(8-3-1)15-10-12-6-4-5-9-14(12)16-11-15/h4-17,24H,18-21H2,1-3H3;1-16H,17-21H2;1-9H,10-11H2. The van der Waals surface area contributed by atoms with Crippen molar-refractivity contribution in [1.82, 2.24) is 0 Å². The minimum atomic E-state index is 0.269. The molecule has 0 saturated carbocycles. The smallest absolute Gasteiger partial charge is 0.161 e. The zero-order chi connectivity index (χ0) is 57.5. The predicted octanol–water partition coefficient (Wildman–Crippen LogP) is 16.2. The maximum absolute atomic E-state index is 6.10. The molecule has 0 saturated heterocycles. The van der Waals surface area contributed by atoms with Gasteiger partial charge in [0.1, 0.15) is 28.7 Å². The molecule has 426 valence electrons. The summed E-state index contributed by atoms with van der Waals surface area (Å²) in [7, 11) is 0. The summed E-state index contributed by atoms with van der Waals surface area (Å²) < 4.78 is 29.7. The van der Waals surface area contributed by atoms with Crippen molar-refractivity contribution in [1.29, 1.82) is 0 Å². The van der Waals surface area contributed by atoms with Crippen LogP contribution in [0.3, 0.4) is 0 Å². The summed E-state index contributed by atoms with van der Waals surface area (Å²) in [6.45, 7) is 13.8. The molecule has 85 heavy (non-hydrogen) atoms. The van der Waals surface area contributed by atoms with Crippen LogP contribution in [0.5, 0.6) is 28.7 Å². The lowest BCUT2D eigenvalue weighted by molar-refractivity contribution is 0.289. The summed E-state index contributed by atoms with van der Waals surface area (Å²) in [5, 5.41) is 0. The molecule has 0 unspecified atom stereocenters. The lowest BCUT2D eigenvalue weighted by Crippen LogP contribution is -2.32. The Bertz CT molecular complexity index is 3670. The molecule has 5 aliphatic heterocycles. The van der Waals surface area contributed by atoms with Crippen molar-refractivity contribution in [3.8, 4) is 28.7 Å². The summed E-state index contributed by atoms with van der Waals surface area (Å²) in [5.74, 6) is 5.24. The Morgan fingerprint density at radius 2 is 0.576 bits per heavy atom. The van der Waals surface area contributed by atoms with Crippen LogP contribution >= 0.6 is 0 Å². The van der Waals surface area contributed by atoms with Gasteiger partial charge in [-0.15, -0.1) is 0 Å². The van der Waals surface area contributed by atoms with E-state index in [4.69, 9.17) is 23.7 Å². The predicted molar refractivity (Wildman–Crippen MR) is 343 cm³/mol. The molecule has 10 nitrogen and oxygen atoms in total. The lowest BCUT2D eigenvalue weighted by Gasteiger charge is -2.32. The van der Waals surface area contributed by atoms with Gasteiger partial charge in [-0.1, -0.05) is 152 Å². The third-order valence-corrected chi connectivity index (χ3v) is 16.7. The zero-order valence-corrected chi connectivity index (χ0v) is 48.6. The number of ether oxygens (including phenoxy) is 5. The van der Waals surface area contributed by atoms with E-state index < -0.39 is 0 Å². The Morgan fingerprint density at radius 1 is 0.294 bits per heavy atom. The Kier molecular flexibility index (Phi) is 16.0. The van der Waals surface area contributed by atoms with Gasteiger partial charge in [0.2, 0.25) is 0 Å². The second-order valence-corrected chi connectivity index (χ2v) is 22.7. The van der Waals surface area contributed by atoms with Crippen LogP contribution in [0, 0.1) is 13.8 Å². The molecule has 0 atom stereocenters. The maximum Gasteiger partial charge on any atom is 0.161 e. The number of nitrogens with zero attached hydrogens (tertiary/aromatic N) is 5. The van der Waals surface area contributed by atoms with Gasteiger partial charge in [0.25, 0.3) is 0 Å². The van der Waals surface area contributed by atoms with Gasteiger partial charge in [0, 0.05) is 94.9 Å². The van der Waals surface area contributed by atoms with Crippen LogP contribution in [0.15, 0.2) is 237 Å². The number of hydrogen-bond donors (Lipinski definition) is 0. The molecule has 10 aromatic rings. The average Bonchev–Trinajstić information content (AvgIpc) is 3.75. The molecule has 5 aliphatic rings. The van der Waals surface area contributed by atoms with Crippen molar-refractivity contribution >= 4 is 28.4 Å². The van der Waals surface area contributed by atoms with E-state index in [2.05, 4.69) is 239 Å². The first-order valence-electron chi connectivity index (χ1n) is 29.5. The van der Waals surface area contributed by atoms with Crippen molar-refractivity contribution in [3.63, 3.8) is 0 Å². The van der Waals surface area contributed by atoms with E-state index >= 15 is 0 Å². The van der Waals surface area contributed by atoms with Crippen molar-refractivity contribution in [2.75, 3.05) is 58.2 Å². The van der Waals surface area contributed by atoms with Gasteiger partial charge < -0.3 is 48.2 Å². The third kappa shape index (κ3) is 12.7. The first-order chi connectivity index (χ1) is 41.8. The van der Waals surface area contributed by atoms with Crippen molar-refractivity contribution in [2.24, 2.45) is 0 Å². The van der Waals surface area contributed by atoms with E-state index in [-0.39, 0.29) is 5.92 Å². The van der Waals surface area contributed by atoms with E-state index in [1.807, 2.05) is 42.5 Å². The van der Waals surface area contributed by atoms with Crippen LogP contribution in [0.1, 0.15) is 74.0 Å². The SMILES string of the molecule is Cc1ccc(N2COc3ccc(C(C)c4ccc5c(c4)CN(c4ccc(C)cc4)CO5)cc3C2)cc1.c1ccc(N2COc3ccccc3C2)cc1.c1ccc2c(c1)CN(c1ccc(Cc3ccc(N4COc5ccccc5C4)cc3)cc1)CO2. The monoisotopic (exact) mass is 1120 g/mol. The minimum absolute atomic E-state index is 0.269. The normalized spacial score (nSPS) is 14.6. The van der Waals surface area contributed by atoms with E-state index in [9.17, 15) is 0 Å². The molecule has 0 fully saturated rings. The molecule has 0 N–H and O–H groups in total. The zero-order valence-electron chi connectivity index (χ0n) is 48.6. The molecular formula is C75H71N5O5. The highest BCUT2D eigenvalue weighted by Gasteiger charge is 2.24. The summed E-state index contributed by atoms with van der Waals surface area (Å²) in [6, 6.07) is 83.4. The topological polar surface area (TPSA) is 62.4 Å². The fourth-order valence-electron chi connectivity index (χ4n) is 11.6. The van der Waals surface area contributed by atoms with Gasteiger partial charge in [-0.05, 0) is 146 Å². The highest BCUT2D eigenvalue weighted by atomic mass is 16.5. The summed E-state index contributed by atoms with van der Waals surface area (Å²) in [4.78, 5) is 11.3. The van der Waals surface area contributed by atoms with Crippen LogP contribution in [0.2, 0.25) is 0 Å². The number of rotatable bonds is 9. The van der Waals surface area contributed by atoms with Gasteiger partial charge in [0.15, 0.2) is 33.7 Å². The number of para-hydroxylation sites is 4. The van der Waals surface area contributed by atoms with Crippen LogP contribution < -0.4 is 48.2 Å². The Hall–Kier alpha value is -9.80. The van der Waals surface area contributed by atoms with Crippen molar-refractivity contribution in [3.05, 3.63) is 298 Å². The second kappa shape index (κ2) is 25.0. The molecule has 5 heterocycles. The Morgan fingerprint density at radius 3 is 0.929 bits per heavy atom. The maximum atomic E-state index is 6.10. The van der Waals surface area contributed by atoms with E-state index in [1.54, 1.807) is 0 Å². The van der Waals surface area contributed by atoms with Crippen LogP contribution in [0.4, 0.5) is 28.4 Å². The fourth-order valence-corrected chi connectivity index (χ4v) is 11.6. The minimum Gasteiger partial charge on any atom is -0.473 e. The largest absolute Gasteiger partial charge is 0.473 e. The third-order valence-electron chi connectivity index (χ3n) is 16.7. The molecule has 0 aliphatic carbocycles. The molecule has 0 bridgehead atoms. The number of anilines is 5. The second-order valence-electron chi connectivity index (χ2n) is 22.7. The molecule has 0 spiro atoms. The highest BCUT2D eigenvalue weighted by molar-refractivity contribution is 5.57. The van der Waals surface area contributed by atoms with Crippen LogP contribution in [0.25, 0.3) is 0 Å². The molecule has 0 aromatic heterocycles. The summed E-state index contributed by atoms with van der Waals surface area (Å²) in [6.07, 6.45) is 0.916. The molecule has 0 radical (unpaired) electrons. The van der Waals surface area contributed by atoms with E-state index in [0.29, 0.717) is 33.7 Å². The van der Waals surface area contributed by atoms with Gasteiger partial charge >= 0.3 is 0 Å². The number of fused-ring (bicyclic) bond motifs is 5. The summed E-state index contributed by atoms with van der Waals surface area (Å²) >= 11 is 0. The van der Waals surface area contributed by atoms with Gasteiger partial charge in [0.05, 0.1) is 0 Å². The quantitative estimate of drug-likeness (QED) is 0.140. The van der Waals surface area contributed by atoms with Gasteiger partial charge in [-0.25, -0.2) is 0 Å². The number of aryl methyl sites for hydroxylation is 2. The average molecular weight is 1120 g/mol. The van der Waals surface area contributed by atoms with E-state index in [1.165, 1.54) is 89.6 Å². The fraction of sp³-hybridized carbons (Fsp3) is 0.200. The summed E-state index contributed by atoms with van der Waals surface area (Å²) in [5.41, 5.74) is 19.9. The molecule has 0 amide bonds. The van der Waals surface area contributed by atoms with Gasteiger partial charge in [-0.3, -0.25) is 0 Å². The number of hydrogen-bond acceptors (Lipinski definition) is 10. The van der Waals surface area contributed by atoms with Crippen LogP contribution in [-0.4, -0.2) is 33.7 Å². The Labute approximate surface area is 500 Å². The molecule has 10 heteroatoms. The highest BCUT2D eigenvalue weighted by Crippen LogP contribution is 2.37. The van der Waals surface area contributed by atoms with Crippen molar-refractivity contribution in [2.45, 2.75) is 65.8 Å². The van der Waals surface area contributed by atoms with Crippen LogP contribution in [-0.2, 0) is 39.1 Å². The number of benzene rings is 10. The Balaban J connectivity index is 0.000000127. The molecule has 10 aromatic carbocycles. The first kappa shape index (κ1) is 54.4. The van der Waals surface area contributed by atoms with Gasteiger partial charge in [-0.2, -0.15) is 0 Å².